The molecule has 0 fully saturated rings. The number of halogens is 2. The van der Waals surface area contributed by atoms with Gasteiger partial charge in [0.2, 0.25) is 0 Å². The number of hydrogen-bond acceptors (Lipinski definition) is 2. The van der Waals surface area contributed by atoms with Gasteiger partial charge in [-0.2, -0.15) is 5.10 Å². The van der Waals surface area contributed by atoms with Gasteiger partial charge in [-0.25, -0.2) is 8.78 Å². The first-order valence-electron chi connectivity index (χ1n) is 6.50. The van der Waals surface area contributed by atoms with Crippen molar-refractivity contribution in [1.82, 2.24) is 9.78 Å². The smallest absolute Gasteiger partial charge is 0.162 e. The van der Waals surface area contributed by atoms with E-state index in [1.807, 2.05) is 20.9 Å². The maximum absolute atomic E-state index is 13.6. The predicted octanol–water partition coefficient (Wildman–Crippen LogP) is 2.46. The van der Waals surface area contributed by atoms with E-state index in [4.69, 9.17) is 0 Å². The number of aliphatic hydroxyl groups excluding tert-OH is 1. The van der Waals surface area contributed by atoms with Crippen LogP contribution in [-0.4, -0.2) is 21.0 Å². The van der Waals surface area contributed by atoms with Gasteiger partial charge < -0.3 is 5.11 Å². The molecule has 1 unspecified atom stereocenters. The number of hydrogen-bond donors (Lipinski definition) is 1. The van der Waals surface area contributed by atoms with E-state index in [-0.39, 0.29) is 12.0 Å². The summed E-state index contributed by atoms with van der Waals surface area (Å²) in [4.78, 5) is 0. The van der Waals surface area contributed by atoms with Gasteiger partial charge in [-0.15, -0.1) is 0 Å². The predicted molar refractivity (Wildman–Crippen MR) is 72.5 cm³/mol. The lowest BCUT2D eigenvalue weighted by atomic mass is 10.00. The summed E-state index contributed by atoms with van der Waals surface area (Å²) in [5, 5.41) is 14.4. The molecule has 0 amide bonds. The highest BCUT2D eigenvalue weighted by atomic mass is 19.2. The number of aryl methyl sites for hydroxylation is 2. The molecule has 20 heavy (non-hydrogen) atoms. The average Bonchev–Trinajstić information content (AvgIpc) is 2.62. The Morgan fingerprint density at radius 3 is 2.55 bits per heavy atom. The topological polar surface area (TPSA) is 38.0 Å². The van der Waals surface area contributed by atoms with Crippen molar-refractivity contribution in [2.45, 2.75) is 32.8 Å². The monoisotopic (exact) mass is 280 g/mol. The number of benzene rings is 1. The van der Waals surface area contributed by atoms with Crippen LogP contribution in [-0.2, 0) is 19.9 Å². The second-order valence-electron chi connectivity index (χ2n) is 5.05. The fraction of sp³-hybridized carbons (Fsp3) is 0.400. The molecule has 1 heterocycles. The second-order valence-corrected chi connectivity index (χ2v) is 5.05. The van der Waals surface area contributed by atoms with E-state index in [0.29, 0.717) is 6.42 Å². The molecule has 3 nitrogen and oxygen atoms in total. The van der Waals surface area contributed by atoms with Crippen molar-refractivity contribution in [1.29, 1.82) is 0 Å². The van der Waals surface area contributed by atoms with E-state index in [1.54, 1.807) is 4.68 Å². The summed E-state index contributed by atoms with van der Waals surface area (Å²) in [5.41, 5.74) is 2.97. The standard InChI is InChI=1S/C15H18F2N2O/c1-9-13(10(2)19(3)18-9)8-12(20)7-11-5-4-6-14(16)15(11)17/h4-6,12,20H,7-8H2,1-3H3. The molecule has 0 saturated carbocycles. The number of aromatic nitrogens is 2. The van der Waals surface area contributed by atoms with Gasteiger partial charge in [-0.1, -0.05) is 12.1 Å². The highest BCUT2D eigenvalue weighted by Crippen LogP contribution is 2.18. The largest absolute Gasteiger partial charge is 0.392 e. The minimum Gasteiger partial charge on any atom is -0.392 e. The van der Waals surface area contributed by atoms with Crippen molar-refractivity contribution in [3.63, 3.8) is 0 Å². The number of rotatable bonds is 4. The Balaban J connectivity index is 2.13. The summed E-state index contributed by atoms with van der Waals surface area (Å²) in [6.45, 7) is 3.79. The molecule has 1 N–H and O–H groups in total. The quantitative estimate of drug-likeness (QED) is 0.934. The SMILES string of the molecule is Cc1nn(C)c(C)c1CC(O)Cc1cccc(F)c1F. The second kappa shape index (κ2) is 5.71. The average molecular weight is 280 g/mol. The highest BCUT2D eigenvalue weighted by molar-refractivity contribution is 5.26. The van der Waals surface area contributed by atoms with Crippen LogP contribution in [0.5, 0.6) is 0 Å². The molecule has 1 aromatic carbocycles. The van der Waals surface area contributed by atoms with E-state index in [2.05, 4.69) is 5.10 Å². The van der Waals surface area contributed by atoms with Gasteiger partial charge in [0, 0.05) is 25.6 Å². The summed E-state index contributed by atoms with van der Waals surface area (Å²) in [7, 11) is 1.84. The molecule has 2 aromatic rings. The molecular weight excluding hydrogens is 262 g/mol. The first-order chi connectivity index (χ1) is 9.40. The maximum atomic E-state index is 13.6. The Hall–Kier alpha value is -1.75. The van der Waals surface area contributed by atoms with Crippen molar-refractivity contribution in [3.8, 4) is 0 Å². The van der Waals surface area contributed by atoms with Gasteiger partial charge in [-0.3, -0.25) is 4.68 Å². The van der Waals surface area contributed by atoms with E-state index >= 15 is 0 Å². The Morgan fingerprint density at radius 2 is 1.95 bits per heavy atom. The van der Waals surface area contributed by atoms with E-state index < -0.39 is 17.7 Å². The van der Waals surface area contributed by atoms with Gasteiger partial charge >= 0.3 is 0 Å². The maximum Gasteiger partial charge on any atom is 0.162 e. The van der Waals surface area contributed by atoms with Crippen molar-refractivity contribution in [2.75, 3.05) is 0 Å². The summed E-state index contributed by atoms with van der Waals surface area (Å²) in [5.74, 6) is -1.77. The third-order valence-electron chi connectivity index (χ3n) is 3.59. The fourth-order valence-electron chi connectivity index (χ4n) is 2.38. The zero-order valence-corrected chi connectivity index (χ0v) is 11.8. The third kappa shape index (κ3) is 2.88. The van der Waals surface area contributed by atoms with Crippen LogP contribution in [0.1, 0.15) is 22.5 Å². The van der Waals surface area contributed by atoms with Crippen molar-refractivity contribution in [3.05, 3.63) is 52.3 Å². The molecule has 108 valence electrons. The molecule has 0 bridgehead atoms. The zero-order valence-electron chi connectivity index (χ0n) is 11.8. The molecule has 0 aliphatic heterocycles. The van der Waals surface area contributed by atoms with Crippen molar-refractivity contribution < 1.29 is 13.9 Å². The Bertz CT molecular complexity index is 623. The normalized spacial score (nSPS) is 12.7. The molecular formula is C15H18F2N2O. The minimum absolute atomic E-state index is 0.0807. The molecule has 0 spiro atoms. The molecule has 0 saturated heterocycles. The van der Waals surface area contributed by atoms with Gasteiger partial charge in [0.05, 0.1) is 11.8 Å². The zero-order chi connectivity index (χ0) is 14.9. The Morgan fingerprint density at radius 1 is 1.25 bits per heavy atom. The molecule has 1 aromatic heterocycles. The fourth-order valence-corrected chi connectivity index (χ4v) is 2.38. The van der Waals surface area contributed by atoms with Crippen molar-refractivity contribution in [2.24, 2.45) is 7.05 Å². The van der Waals surface area contributed by atoms with Crippen LogP contribution >= 0.6 is 0 Å². The van der Waals surface area contributed by atoms with Crippen LogP contribution in [0, 0.1) is 25.5 Å². The van der Waals surface area contributed by atoms with Gasteiger partial charge in [-0.05, 0) is 31.0 Å². The van der Waals surface area contributed by atoms with E-state index in [1.165, 1.54) is 12.1 Å². The third-order valence-corrected chi connectivity index (χ3v) is 3.59. The molecule has 0 aliphatic carbocycles. The van der Waals surface area contributed by atoms with Gasteiger partial charge in [0.1, 0.15) is 0 Å². The first-order valence-corrected chi connectivity index (χ1v) is 6.50. The Labute approximate surface area is 116 Å². The summed E-state index contributed by atoms with van der Waals surface area (Å²) in [6.07, 6.45) is -0.313. The van der Waals surface area contributed by atoms with E-state index in [0.717, 1.165) is 23.0 Å². The molecule has 0 aliphatic rings. The lowest BCUT2D eigenvalue weighted by molar-refractivity contribution is 0.173. The van der Waals surface area contributed by atoms with Crippen LogP contribution in [0.25, 0.3) is 0 Å². The molecule has 0 radical (unpaired) electrons. The van der Waals surface area contributed by atoms with Gasteiger partial charge in [0.15, 0.2) is 11.6 Å². The lowest BCUT2D eigenvalue weighted by Gasteiger charge is -2.12. The summed E-state index contributed by atoms with van der Waals surface area (Å²) < 4.78 is 28.4. The van der Waals surface area contributed by atoms with Crippen LogP contribution in [0.2, 0.25) is 0 Å². The van der Waals surface area contributed by atoms with Gasteiger partial charge in [0.25, 0.3) is 0 Å². The molecule has 1 atom stereocenters. The van der Waals surface area contributed by atoms with Crippen LogP contribution < -0.4 is 0 Å². The summed E-state index contributed by atoms with van der Waals surface area (Å²) >= 11 is 0. The number of aliphatic hydroxyl groups is 1. The van der Waals surface area contributed by atoms with E-state index in [9.17, 15) is 13.9 Å². The first kappa shape index (κ1) is 14.7. The van der Waals surface area contributed by atoms with Crippen LogP contribution in [0.15, 0.2) is 18.2 Å². The highest BCUT2D eigenvalue weighted by Gasteiger charge is 2.17. The molecule has 2 rings (SSSR count). The molecule has 5 heteroatoms. The summed E-state index contributed by atoms with van der Waals surface area (Å²) in [6, 6.07) is 4.01. The van der Waals surface area contributed by atoms with Crippen LogP contribution in [0.4, 0.5) is 8.78 Å². The van der Waals surface area contributed by atoms with Crippen LogP contribution in [0.3, 0.4) is 0 Å². The number of nitrogens with zero attached hydrogens (tertiary/aromatic N) is 2. The minimum atomic E-state index is -0.886. The lowest BCUT2D eigenvalue weighted by Crippen LogP contribution is -2.16. The Kier molecular flexibility index (Phi) is 4.18. The van der Waals surface area contributed by atoms with Crippen molar-refractivity contribution >= 4 is 0 Å².